The van der Waals surface area contributed by atoms with Gasteiger partial charge < -0.3 is 20.1 Å². The van der Waals surface area contributed by atoms with Crippen molar-refractivity contribution in [3.63, 3.8) is 0 Å². The Hall–Kier alpha value is -3.52. The van der Waals surface area contributed by atoms with Crippen molar-refractivity contribution in [3.05, 3.63) is 65.5 Å². The van der Waals surface area contributed by atoms with Crippen molar-refractivity contribution in [2.24, 2.45) is 11.7 Å². The Morgan fingerprint density at radius 3 is 2.69 bits per heavy atom. The normalized spacial score (nSPS) is 19.1. The Labute approximate surface area is 185 Å². The lowest BCUT2D eigenvalue weighted by Crippen LogP contribution is -2.40. The number of aromatic nitrogens is 2. The van der Waals surface area contributed by atoms with Crippen molar-refractivity contribution in [1.82, 2.24) is 14.9 Å². The van der Waals surface area contributed by atoms with Crippen LogP contribution in [0.2, 0.25) is 0 Å². The van der Waals surface area contributed by atoms with E-state index in [0.717, 1.165) is 22.2 Å². The molecule has 1 atom stereocenters. The van der Waals surface area contributed by atoms with Crippen LogP contribution in [-0.4, -0.2) is 46.4 Å². The van der Waals surface area contributed by atoms with Gasteiger partial charge in [0.1, 0.15) is 11.9 Å². The summed E-state index contributed by atoms with van der Waals surface area (Å²) in [6, 6.07) is 10.9. The predicted octanol–water partition coefficient (Wildman–Crippen LogP) is 2.62. The number of para-hydroxylation sites is 1. The number of fused-ring (bicyclic) bond motifs is 2. The molecule has 1 aromatic heterocycles. The lowest BCUT2D eigenvalue weighted by atomic mass is 9.97. The number of benzene rings is 2. The van der Waals surface area contributed by atoms with Crippen molar-refractivity contribution < 1.29 is 19.1 Å². The lowest BCUT2D eigenvalue weighted by Gasteiger charge is -2.30. The molecule has 5 rings (SSSR count). The van der Waals surface area contributed by atoms with Crippen LogP contribution >= 0.6 is 0 Å². The van der Waals surface area contributed by atoms with E-state index in [-0.39, 0.29) is 11.8 Å². The van der Waals surface area contributed by atoms with E-state index < -0.39 is 12.0 Å². The summed E-state index contributed by atoms with van der Waals surface area (Å²) < 4.78 is 11.9. The third-order valence-corrected chi connectivity index (χ3v) is 6.13. The molecule has 2 aliphatic heterocycles. The zero-order chi connectivity index (χ0) is 22.1. The SMILES string of the molecule is NC(=O)c1ccc2c(c1)OC(c1cccc3nccnc13)CN(C(=O)C1CCOCC1)C2. The lowest BCUT2D eigenvalue weighted by molar-refractivity contribution is -0.140. The summed E-state index contributed by atoms with van der Waals surface area (Å²) in [5, 5.41) is 0. The molecule has 8 nitrogen and oxygen atoms in total. The fourth-order valence-corrected chi connectivity index (χ4v) is 4.42. The number of rotatable bonds is 3. The van der Waals surface area contributed by atoms with Gasteiger partial charge in [0.15, 0.2) is 0 Å². The number of hydrogen-bond donors (Lipinski definition) is 1. The molecule has 2 N–H and O–H groups in total. The van der Waals surface area contributed by atoms with Gasteiger partial charge in [0.2, 0.25) is 11.8 Å². The Balaban J connectivity index is 1.57. The second kappa shape index (κ2) is 8.55. The molecule has 164 valence electrons. The van der Waals surface area contributed by atoms with Crippen LogP contribution in [0.3, 0.4) is 0 Å². The van der Waals surface area contributed by atoms with Gasteiger partial charge in [-0.25, -0.2) is 0 Å². The van der Waals surface area contributed by atoms with Crippen molar-refractivity contribution in [1.29, 1.82) is 0 Å². The fourth-order valence-electron chi connectivity index (χ4n) is 4.42. The van der Waals surface area contributed by atoms with E-state index in [1.807, 2.05) is 29.2 Å². The number of nitrogens with zero attached hydrogens (tertiary/aromatic N) is 3. The molecule has 32 heavy (non-hydrogen) atoms. The maximum absolute atomic E-state index is 13.4. The molecular formula is C24H24N4O4. The Kier molecular flexibility index (Phi) is 5.45. The largest absolute Gasteiger partial charge is 0.483 e. The minimum Gasteiger partial charge on any atom is -0.483 e. The van der Waals surface area contributed by atoms with E-state index in [2.05, 4.69) is 9.97 Å². The third kappa shape index (κ3) is 3.89. The van der Waals surface area contributed by atoms with E-state index in [1.165, 1.54) is 0 Å². The minimum absolute atomic E-state index is 0.0665. The van der Waals surface area contributed by atoms with Gasteiger partial charge in [0.25, 0.3) is 0 Å². The molecule has 3 aromatic rings. The van der Waals surface area contributed by atoms with Crippen LogP contribution < -0.4 is 10.5 Å². The maximum Gasteiger partial charge on any atom is 0.248 e. The molecule has 1 fully saturated rings. The highest BCUT2D eigenvalue weighted by atomic mass is 16.5. The number of hydrogen-bond acceptors (Lipinski definition) is 6. The second-order valence-corrected chi connectivity index (χ2v) is 8.17. The van der Waals surface area contributed by atoms with Crippen LogP contribution in [0.15, 0.2) is 48.8 Å². The minimum atomic E-state index is -0.525. The van der Waals surface area contributed by atoms with Crippen LogP contribution in [-0.2, 0) is 16.1 Å². The Bertz CT molecular complexity index is 1170. The van der Waals surface area contributed by atoms with Crippen LogP contribution in [0.5, 0.6) is 5.75 Å². The first-order valence-corrected chi connectivity index (χ1v) is 10.8. The van der Waals surface area contributed by atoms with Gasteiger partial charge in [-0.2, -0.15) is 0 Å². The van der Waals surface area contributed by atoms with Gasteiger partial charge in [-0.05, 0) is 31.0 Å². The van der Waals surface area contributed by atoms with E-state index in [0.29, 0.717) is 50.5 Å². The molecule has 0 saturated carbocycles. The van der Waals surface area contributed by atoms with Gasteiger partial charge in [0.05, 0.1) is 17.6 Å². The zero-order valence-corrected chi connectivity index (χ0v) is 17.6. The molecular weight excluding hydrogens is 408 g/mol. The van der Waals surface area contributed by atoms with E-state index >= 15 is 0 Å². The standard InChI is InChI=1S/C24H24N4O4/c25-23(29)16-4-5-17-13-28(24(30)15-6-10-31-11-7-15)14-21(32-20(17)12-16)18-2-1-3-19-22(18)27-9-8-26-19/h1-5,8-9,12,15,21H,6-7,10-11,13-14H2,(H2,25,29). The molecule has 2 amide bonds. The highest BCUT2D eigenvalue weighted by Crippen LogP contribution is 2.35. The van der Waals surface area contributed by atoms with Gasteiger partial charge in [-0.3, -0.25) is 19.6 Å². The summed E-state index contributed by atoms with van der Waals surface area (Å²) in [6.45, 7) is 1.97. The number of carbonyl (C=O) groups is 2. The molecule has 0 spiro atoms. The average Bonchev–Trinajstić information content (AvgIpc) is 3.03. The first kappa shape index (κ1) is 20.4. The maximum atomic E-state index is 13.4. The first-order chi connectivity index (χ1) is 15.6. The predicted molar refractivity (Wildman–Crippen MR) is 117 cm³/mol. The molecule has 3 heterocycles. The monoisotopic (exact) mass is 432 g/mol. The van der Waals surface area contributed by atoms with E-state index in [4.69, 9.17) is 15.2 Å². The summed E-state index contributed by atoms with van der Waals surface area (Å²) in [5.41, 5.74) is 9.02. The van der Waals surface area contributed by atoms with Gasteiger partial charge in [-0.1, -0.05) is 18.2 Å². The number of carbonyl (C=O) groups excluding carboxylic acids is 2. The summed E-state index contributed by atoms with van der Waals surface area (Å²) in [7, 11) is 0. The first-order valence-electron chi connectivity index (χ1n) is 10.8. The van der Waals surface area contributed by atoms with Crippen molar-refractivity contribution in [2.75, 3.05) is 19.8 Å². The highest BCUT2D eigenvalue weighted by Gasteiger charge is 2.33. The van der Waals surface area contributed by atoms with Crippen LogP contribution in [0.25, 0.3) is 11.0 Å². The van der Waals surface area contributed by atoms with Gasteiger partial charge >= 0.3 is 0 Å². The number of nitrogens with two attached hydrogens (primary N) is 1. The van der Waals surface area contributed by atoms with Crippen molar-refractivity contribution >= 4 is 22.8 Å². The summed E-state index contributed by atoms with van der Waals surface area (Å²) in [6.07, 6.45) is 4.26. The Morgan fingerprint density at radius 1 is 1.06 bits per heavy atom. The third-order valence-electron chi connectivity index (χ3n) is 6.13. The average molecular weight is 432 g/mol. The number of ether oxygens (including phenoxy) is 2. The molecule has 0 radical (unpaired) electrons. The second-order valence-electron chi connectivity index (χ2n) is 8.17. The molecule has 2 aliphatic rings. The quantitative estimate of drug-likeness (QED) is 0.682. The molecule has 1 saturated heterocycles. The number of primary amides is 1. The van der Waals surface area contributed by atoms with E-state index in [1.54, 1.807) is 24.5 Å². The molecule has 1 unspecified atom stereocenters. The zero-order valence-electron chi connectivity index (χ0n) is 17.6. The molecule has 0 aliphatic carbocycles. The molecule has 2 aromatic carbocycles. The highest BCUT2D eigenvalue weighted by molar-refractivity contribution is 5.93. The van der Waals surface area contributed by atoms with E-state index in [9.17, 15) is 9.59 Å². The number of amides is 2. The van der Waals surface area contributed by atoms with Gasteiger partial charge in [0, 0.05) is 54.8 Å². The fraction of sp³-hybridized carbons (Fsp3) is 0.333. The summed E-state index contributed by atoms with van der Waals surface area (Å²) >= 11 is 0. The summed E-state index contributed by atoms with van der Waals surface area (Å²) in [4.78, 5) is 36.0. The molecule has 0 bridgehead atoms. The van der Waals surface area contributed by atoms with Crippen LogP contribution in [0.4, 0.5) is 0 Å². The topological polar surface area (TPSA) is 108 Å². The van der Waals surface area contributed by atoms with Crippen LogP contribution in [0, 0.1) is 5.92 Å². The van der Waals surface area contributed by atoms with Gasteiger partial charge in [-0.15, -0.1) is 0 Å². The van der Waals surface area contributed by atoms with Crippen LogP contribution in [0.1, 0.15) is 40.4 Å². The van der Waals surface area contributed by atoms with Crippen molar-refractivity contribution in [2.45, 2.75) is 25.5 Å². The smallest absolute Gasteiger partial charge is 0.248 e. The summed E-state index contributed by atoms with van der Waals surface area (Å²) in [5.74, 6) is 0.0565. The van der Waals surface area contributed by atoms with Crippen molar-refractivity contribution in [3.8, 4) is 5.75 Å². The molecule has 8 heteroatoms. The Morgan fingerprint density at radius 2 is 1.88 bits per heavy atom.